The van der Waals surface area contributed by atoms with E-state index in [1.807, 2.05) is 12.1 Å². The Labute approximate surface area is 116 Å². The molecule has 0 unspecified atom stereocenters. The van der Waals surface area contributed by atoms with Crippen molar-refractivity contribution in [2.24, 2.45) is 0 Å². The first-order chi connectivity index (χ1) is 9.28. The van der Waals surface area contributed by atoms with Gasteiger partial charge >= 0.3 is 0 Å². The summed E-state index contributed by atoms with van der Waals surface area (Å²) in [4.78, 5) is 0. The number of benzene rings is 2. The van der Waals surface area contributed by atoms with Gasteiger partial charge in [-0.05, 0) is 49.6 Å². The second kappa shape index (κ2) is 6.98. The lowest BCUT2D eigenvalue weighted by Gasteiger charge is -2.07. The summed E-state index contributed by atoms with van der Waals surface area (Å²) in [6.07, 6.45) is 5.02. The topological polar surface area (TPSA) is 9.23 Å². The van der Waals surface area contributed by atoms with Crippen LogP contribution in [0, 0.1) is 6.92 Å². The molecule has 1 nitrogen and oxygen atoms in total. The van der Waals surface area contributed by atoms with E-state index < -0.39 is 0 Å². The first-order valence-corrected chi connectivity index (χ1v) is 7.11. The SMILES string of the molecule is CCCCCc1ccc(Oc2ccc(C)cc2)cc1. The second-order valence-electron chi connectivity index (χ2n) is 5.02. The van der Waals surface area contributed by atoms with Crippen molar-refractivity contribution in [1.29, 1.82) is 0 Å². The van der Waals surface area contributed by atoms with E-state index in [1.165, 1.54) is 36.8 Å². The Morgan fingerprint density at radius 1 is 0.789 bits per heavy atom. The van der Waals surface area contributed by atoms with Crippen LogP contribution in [0.5, 0.6) is 11.5 Å². The zero-order valence-electron chi connectivity index (χ0n) is 11.9. The highest BCUT2D eigenvalue weighted by atomic mass is 16.5. The van der Waals surface area contributed by atoms with Gasteiger partial charge in [-0.15, -0.1) is 0 Å². The van der Waals surface area contributed by atoms with E-state index in [2.05, 4.69) is 50.2 Å². The number of unbranched alkanes of at least 4 members (excludes halogenated alkanes) is 2. The quantitative estimate of drug-likeness (QED) is 0.617. The average Bonchev–Trinajstić information content (AvgIpc) is 2.44. The van der Waals surface area contributed by atoms with Gasteiger partial charge in [-0.2, -0.15) is 0 Å². The fourth-order valence-corrected chi connectivity index (χ4v) is 2.05. The molecule has 0 fully saturated rings. The van der Waals surface area contributed by atoms with E-state index in [4.69, 9.17) is 4.74 Å². The number of ether oxygens (including phenoxy) is 1. The number of hydrogen-bond acceptors (Lipinski definition) is 1. The van der Waals surface area contributed by atoms with Crippen molar-refractivity contribution in [2.75, 3.05) is 0 Å². The summed E-state index contributed by atoms with van der Waals surface area (Å²) in [6.45, 7) is 4.31. The molecule has 19 heavy (non-hydrogen) atoms. The van der Waals surface area contributed by atoms with Crippen LogP contribution in [0.4, 0.5) is 0 Å². The molecule has 0 aliphatic rings. The van der Waals surface area contributed by atoms with Crippen LogP contribution >= 0.6 is 0 Å². The molecule has 0 aliphatic heterocycles. The van der Waals surface area contributed by atoms with Crippen molar-refractivity contribution in [1.82, 2.24) is 0 Å². The first-order valence-electron chi connectivity index (χ1n) is 7.11. The van der Waals surface area contributed by atoms with Crippen molar-refractivity contribution in [3.05, 3.63) is 59.7 Å². The van der Waals surface area contributed by atoms with Crippen LogP contribution in [0.15, 0.2) is 48.5 Å². The molecular formula is C18H22O. The van der Waals surface area contributed by atoms with E-state index in [1.54, 1.807) is 0 Å². The van der Waals surface area contributed by atoms with Gasteiger partial charge in [-0.3, -0.25) is 0 Å². The lowest BCUT2D eigenvalue weighted by Crippen LogP contribution is -1.87. The van der Waals surface area contributed by atoms with Crippen LogP contribution in [-0.4, -0.2) is 0 Å². The zero-order chi connectivity index (χ0) is 13.5. The fraction of sp³-hybridized carbons (Fsp3) is 0.333. The summed E-state index contributed by atoms with van der Waals surface area (Å²) in [5.41, 5.74) is 2.64. The molecule has 0 bridgehead atoms. The Morgan fingerprint density at radius 3 is 1.95 bits per heavy atom. The molecule has 2 aromatic carbocycles. The molecule has 1 heteroatoms. The predicted molar refractivity (Wildman–Crippen MR) is 80.9 cm³/mol. The molecule has 0 heterocycles. The molecule has 2 aromatic rings. The third kappa shape index (κ3) is 4.44. The van der Waals surface area contributed by atoms with Gasteiger partial charge in [0, 0.05) is 0 Å². The Morgan fingerprint density at radius 2 is 1.37 bits per heavy atom. The van der Waals surface area contributed by atoms with Gasteiger partial charge in [0.15, 0.2) is 0 Å². The maximum absolute atomic E-state index is 5.81. The lowest BCUT2D eigenvalue weighted by atomic mass is 10.1. The summed E-state index contributed by atoms with van der Waals surface area (Å²) in [7, 11) is 0. The highest BCUT2D eigenvalue weighted by Crippen LogP contribution is 2.22. The molecule has 0 saturated carbocycles. The van der Waals surface area contributed by atoms with Gasteiger partial charge < -0.3 is 4.74 Å². The van der Waals surface area contributed by atoms with Crippen molar-refractivity contribution < 1.29 is 4.74 Å². The lowest BCUT2D eigenvalue weighted by molar-refractivity contribution is 0.482. The molecular weight excluding hydrogens is 232 g/mol. The minimum absolute atomic E-state index is 0.893. The molecule has 0 aliphatic carbocycles. The Bertz CT molecular complexity index is 482. The maximum Gasteiger partial charge on any atom is 0.127 e. The van der Waals surface area contributed by atoms with Crippen LogP contribution in [-0.2, 0) is 6.42 Å². The summed E-state index contributed by atoms with van der Waals surface area (Å²) in [5, 5.41) is 0. The largest absolute Gasteiger partial charge is 0.457 e. The van der Waals surface area contributed by atoms with Crippen molar-refractivity contribution in [3.63, 3.8) is 0 Å². The number of hydrogen-bond donors (Lipinski definition) is 0. The first kappa shape index (κ1) is 13.7. The highest BCUT2D eigenvalue weighted by Gasteiger charge is 1.98. The van der Waals surface area contributed by atoms with Crippen molar-refractivity contribution in [3.8, 4) is 11.5 Å². The minimum atomic E-state index is 0.893. The van der Waals surface area contributed by atoms with E-state index in [-0.39, 0.29) is 0 Å². The maximum atomic E-state index is 5.81. The van der Waals surface area contributed by atoms with Crippen molar-refractivity contribution in [2.45, 2.75) is 39.5 Å². The van der Waals surface area contributed by atoms with E-state index in [0.717, 1.165) is 11.5 Å². The molecule has 0 saturated heterocycles. The molecule has 2 rings (SSSR count). The minimum Gasteiger partial charge on any atom is -0.457 e. The van der Waals surface area contributed by atoms with Crippen LogP contribution in [0.2, 0.25) is 0 Å². The third-order valence-corrected chi connectivity index (χ3v) is 3.25. The van der Waals surface area contributed by atoms with E-state index in [0.29, 0.717) is 0 Å². The van der Waals surface area contributed by atoms with Gasteiger partial charge in [0.25, 0.3) is 0 Å². The molecule has 0 N–H and O–H groups in total. The summed E-state index contributed by atoms with van der Waals surface area (Å²) in [6, 6.07) is 16.6. The third-order valence-electron chi connectivity index (χ3n) is 3.25. The highest BCUT2D eigenvalue weighted by molar-refractivity contribution is 5.34. The number of aryl methyl sites for hydroxylation is 2. The van der Waals surface area contributed by atoms with Gasteiger partial charge in [0.05, 0.1) is 0 Å². The van der Waals surface area contributed by atoms with E-state index in [9.17, 15) is 0 Å². The van der Waals surface area contributed by atoms with Gasteiger partial charge in [-0.25, -0.2) is 0 Å². The average molecular weight is 254 g/mol. The smallest absolute Gasteiger partial charge is 0.127 e. The monoisotopic (exact) mass is 254 g/mol. The van der Waals surface area contributed by atoms with Gasteiger partial charge in [-0.1, -0.05) is 49.6 Å². The summed E-state index contributed by atoms with van der Waals surface area (Å²) < 4.78 is 5.81. The molecule has 0 amide bonds. The Balaban J connectivity index is 1.92. The standard InChI is InChI=1S/C18H22O/c1-3-4-5-6-16-9-13-18(14-10-16)19-17-11-7-15(2)8-12-17/h7-14H,3-6H2,1-2H3. The Hall–Kier alpha value is -1.76. The summed E-state index contributed by atoms with van der Waals surface area (Å²) in [5.74, 6) is 1.80. The fourth-order valence-electron chi connectivity index (χ4n) is 2.05. The summed E-state index contributed by atoms with van der Waals surface area (Å²) >= 11 is 0. The molecule has 0 spiro atoms. The Kier molecular flexibility index (Phi) is 5.02. The predicted octanol–water partition coefficient (Wildman–Crippen LogP) is 5.52. The van der Waals surface area contributed by atoms with Crippen molar-refractivity contribution >= 4 is 0 Å². The van der Waals surface area contributed by atoms with Crippen LogP contribution < -0.4 is 4.74 Å². The van der Waals surface area contributed by atoms with E-state index >= 15 is 0 Å². The van der Waals surface area contributed by atoms with Gasteiger partial charge in [0.2, 0.25) is 0 Å². The molecule has 0 radical (unpaired) electrons. The van der Waals surface area contributed by atoms with Crippen LogP contribution in [0.1, 0.15) is 37.3 Å². The normalized spacial score (nSPS) is 10.4. The second-order valence-corrected chi connectivity index (χ2v) is 5.02. The van der Waals surface area contributed by atoms with Gasteiger partial charge in [0.1, 0.15) is 11.5 Å². The number of rotatable bonds is 6. The molecule has 0 aromatic heterocycles. The zero-order valence-corrected chi connectivity index (χ0v) is 11.9. The van der Waals surface area contributed by atoms with Crippen LogP contribution in [0.3, 0.4) is 0 Å². The molecule has 0 atom stereocenters. The molecule has 100 valence electrons. The van der Waals surface area contributed by atoms with Crippen LogP contribution in [0.25, 0.3) is 0 Å².